The Bertz CT molecular complexity index is 1210. The van der Waals surface area contributed by atoms with Crippen molar-refractivity contribution in [3.05, 3.63) is 65.5 Å². The van der Waals surface area contributed by atoms with Gasteiger partial charge in [0.05, 0.1) is 11.2 Å². The number of aromatic nitrogens is 4. The Hall–Kier alpha value is -3.41. The fourth-order valence-electron chi connectivity index (χ4n) is 3.65. The second-order valence-electron chi connectivity index (χ2n) is 7.76. The van der Waals surface area contributed by atoms with Gasteiger partial charge >= 0.3 is 0 Å². The van der Waals surface area contributed by atoms with E-state index >= 15 is 0 Å². The van der Waals surface area contributed by atoms with Crippen molar-refractivity contribution in [1.29, 1.82) is 0 Å². The predicted molar refractivity (Wildman–Crippen MR) is 117 cm³/mol. The number of nitrogens with one attached hydrogen (secondary N) is 2. The monoisotopic (exact) mass is 384 g/mol. The zero-order valence-corrected chi connectivity index (χ0v) is 16.9. The molecule has 2 aromatic carbocycles. The Morgan fingerprint density at radius 1 is 1.00 bits per heavy atom. The third-order valence-corrected chi connectivity index (χ3v) is 5.40. The molecular formula is C23H24N6. The highest BCUT2D eigenvalue weighted by atomic mass is 15.3. The van der Waals surface area contributed by atoms with Gasteiger partial charge in [-0.15, -0.1) is 0 Å². The summed E-state index contributed by atoms with van der Waals surface area (Å²) in [7, 11) is 1.85. The molecule has 1 aliphatic carbocycles. The SMILES string of the molecule is CNc1cc(C)nc(Nc2ccc(C)c(-n3cc4cc(C5CC5)ccc4n3)c2)n1. The maximum Gasteiger partial charge on any atom is 0.229 e. The summed E-state index contributed by atoms with van der Waals surface area (Å²) in [5.41, 5.74) is 6.49. The summed E-state index contributed by atoms with van der Waals surface area (Å²) in [5.74, 6) is 2.11. The van der Waals surface area contributed by atoms with Gasteiger partial charge in [-0.05, 0) is 68.0 Å². The van der Waals surface area contributed by atoms with Gasteiger partial charge in [0, 0.05) is 36.1 Å². The summed E-state index contributed by atoms with van der Waals surface area (Å²) in [6, 6.07) is 14.8. The lowest BCUT2D eigenvalue weighted by atomic mass is 10.1. The minimum atomic E-state index is 0.573. The van der Waals surface area contributed by atoms with Gasteiger partial charge in [0.15, 0.2) is 0 Å². The molecule has 1 aliphatic rings. The van der Waals surface area contributed by atoms with Gasteiger partial charge in [-0.1, -0.05) is 12.1 Å². The van der Waals surface area contributed by atoms with Crippen LogP contribution >= 0.6 is 0 Å². The Balaban J connectivity index is 1.49. The standard InChI is InChI=1S/C23H24N6/c1-14-4-8-19(26-23-25-15(2)10-22(24-3)27-23)12-21(14)29-13-18-11-17(16-5-6-16)7-9-20(18)28-29/h4,7-13,16H,5-6H2,1-3H3,(H2,24,25,26,27). The molecule has 0 unspecified atom stereocenters. The molecule has 0 bridgehead atoms. The average molecular weight is 384 g/mol. The van der Waals surface area contributed by atoms with Crippen molar-refractivity contribution >= 4 is 28.4 Å². The first-order valence-electron chi connectivity index (χ1n) is 10.00. The number of hydrogen-bond acceptors (Lipinski definition) is 5. The molecule has 0 spiro atoms. The third-order valence-electron chi connectivity index (χ3n) is 5.40. The molecule has 29 heavy (non-hydrogen) atoms. The van der Waals surface area contributed by atoms with E-state index < -0.39 is 0 Å². The van der Waals surface area contributed by atoms with E-state index in [0.717, 1.165) is 39.9 Å². The minimum absolute atomic E-state index is 0.573. The van der Waals surface area contributed by atoms with Crippen LogP contribution in [0, 0.1) is 13.8 Å². The van der Waals surface area contributed by atoms with Crippen LogP contribution in [0.1, 0.15) is 35.6 Å². The molecule has 6 heteroatoms. The second kappa shape index (κ2) is 6.88. The highest BCUT2D eigenvalue weighted by Crippen LogP contribution is 2.40. The predicted octanol–water partition coefficient (Wildman–Crippen LogP) is 5.10. The zero-order valence-electron chi connectivity index (χ0n) is 16.9. The van der Waals surface area contributed by atoms with Crippen molar-refractivity contribution in [2.24, 2.45) is 0 Å². The van der Waals surface area contributed by atoms with Gasteiger partial charge in [0.1, 0.15) is 5.82 Å². The lowest BCUT2D eigenvalue weighted by Gasteiger charge is -2.11. The van der Waals surface area contributed by atoms with E-state index in [0.29, 0.717) is 5.95 Å². The third kappa shape index (κ3) is 3.53. The van der Waals surface area contributed by atoms with Crippen molar-refractivity contribution in [3.8, 4) is 5.69 Å². The molecule has 0 amide bonds. The molecule has 0 saturated heterocycles. The summed E-state index contributed by atoms with van der Waals surface area (Å²) >= 11 is 0. The molecular weight excluding hydrogens is 360 g/mol. The van der Waals surface area contributed by atoms with Gasteiger partial charge in [-0.25, -0.2) is 9.67 Å². The Kier molecular flexibility index (Phi) is 4.19. The molecule has 0 atom stereocenters. The van der Waals surface area contributed by atoms with Crippen LogP contribution in [-0.4, -0.2) is 26.8 Å². The highest BCUT2D eigenvalue weighted by molar-refractivity contribution is 5.80. The smallest absolute Gasteiger partial charge is 0.229 e. The van der Waals surface area contributed by atoms with E-state index in [1.807, 2.05) is 30.8 Å². The van der Waals surface area contributed by atoms with Crippen molar-refractivity contribution in [3.63, 3.8) is 0 Å². The summed E-state index contributed by atoms with van der Waals surface area (Å²) in [6.07, 6.45) is 4.74. The lowest BCUT2D eigenvalue weighted by molar-refractivity contribution is 0.888. The lowest BCUT2D eigenvalue weighted by Crippen LogP contribution is -2.03. The Labute approximate surface area is 170 Å². The number of anilines is 3. The van der Waals surface area contributed by atoms with Crippen LogP contribution < -0.4 is 10.6 Å². The zero-order chi connectivity index (χ0) is 20.0. The van der Waals surface area contributed by atoms with E-state index in [4.69, 9.17) is 5.10 Å². The largest absolute Gasteiger partial charge is 0.373 e. The van der Waals surface area contributed by atoms with Crippen LogP contribution in [0.5, 0.6) is 0 Å². The number of hydrogen-bond donors (Lipinski definition) is 2. The van der Waals surface area contributed by atoms with Gasteiger partial charge in [-0.2, -0.15) is 10.1 Å². The maximum absolute atomic E-state index is 4.80. The van der Waals surface area contributed by atoms with Gasteiger partial charge in [-0.3, -0.25) is 0 Å². The van der Waals surface area contributed by atoms with Crippen LogP contribution in [0.15, 0.2) is 48.7 Å². The molecule has 2 aromatic heterocycles. The second-order valence-corrected chi connectivity index (χ2v) is 7.76. The first-order valence-corrected chi connectivity index (χ1v) is 10.00. The maximum atomic E-state index is 4.80. The van der Waals surface area contributed by atoms with E-state index in [-0.39, 0.29) is 0 Å². The summed E-state index contributed by atoms with van der Waals surface area (Å²) in [4.78, 5) is 8.97. The summed E-state index contributed by atoms with van der Waals surface area (Å²) < 4.78 is 1.97. The molecule has 0 aliphatic heterocycles. The summed E-state index contributed by atoms with van der Waals surface area (Å²) in [6.45, 7) is 4.06. The normalized spacial score (nSPS) is 13.6. The number of fused-ring (bicyclic) bond motifs is 1. The first kappa shape index (κ1) is 17.7. The van der Waals surface area contributed by atoms with Crippen molar-refractivity contribution < 1.29 is 0 Å². The van der Waals surface area contributed by atoms with Gasteiger partial charge in [0.25, 0.3) is 0 Å². The Morgan fingerprint density at radius 3 is 2.66 bits per heavy atom. The fraction of sp³-hybridized carbons (Fsp3) is 0.261. The number of benzene rings is 2. The quantitative estimate of drug-likeness (QED) is 0.501. The van der Waals surface area contributed by atoms with Gasteiger partial charge in [0.2, 0.25) is 5.95 Å². The van der Waals surface area contributed by atoms with E-state index in [9.17, 15) is 0 Å². The van der Waals surface area contributed by atoms with Crippen LogP contribution in [-0.2, 0) is 0 Å². The van der Waals surface area contributed by atoms with Crippen LogP contribution in [0.2, 0.25) is 0 Å². The fourth-order valence-corrected chi connectivity index (χ4v) is 3.65. The van der Waals surface area contributed by atoms with E-state index in [2.05, 4.69) is 64.1 Å². The van der Waals surface area contributed by atoms with Crippen LogP contribution in [0.4, 0.5) is 17.5 Å². The molecule has 1 saturated carbocycles. The molecule has 2 heterocycles. The number of nitrogens with zero attached hydrogens (tertiary/aromatic N) is 4. The topological polar surface area (TPSA) is 67.7 Å². The molecule has 1 fully saturated rings. The van der Waals surface area contributed by atoms with Crippen molar-refractivity contribution in [1.82, 2.24) is 19.7 Å². The molecule has 0 radical (unpaired) electrons. The molecule has 5 rings (SSSR count). The minimum Gasteiger partial charge on any atom is -0.373 e. The summed E-state index contributed by atoms with van der Waals surface area (Å²) in [5, 5.41) is 12.4. The average Bonchev–Trinajstić information content (AvgIpc) is 3.47. The van der Waals surface area contributed by atoms with E-state index in [1.54, 1.807) is 0 Å². The van der Waals surface area contributed by atoms with Crippen molar-refractivity contribution in [2.75, 3.05) is 17.7 Å². The van der Waals surface area contributed by atoms with Crippen molar-refractivity contribution in [2.45, 2.75) is 32.6 Å². The van der Waals surface area contributed by atoms with Crippen LogP contribution in [0.25, 0.3) is 16.6 Å². The molecule has 146 valence electrons. The molecule has 4 aromatic rings. The van der Waals surface area contributed by atoms with E-state index in [1.165, 1.54) is 23.8 Å². The number of rotatable bonds is 5. The molecule has 2 N–H and O–H groups in total. The first-order chi connectivity index (χ1) is 14.1. The van der Waals surface area contributed by atoms with Crippen LogP contribution in [0.3, 0.4) is 0 Å². The highest BCUT2D eigenvalue weighted by Gasteiger charge is 2.23. The van der Waals surface area contributed by atoms with Gasteiger partial charge < -0.3 is 10.6 Å². The molecule has 6 nitrogen and oxygen atoms in total. The number of aryl methyl sites for hydroxylation is 2. The Morgan fingerprint density at radius 2 is 1.86 bits per heavy atom.